The van der Waals surface area contributed by atoms with Crippen molar-refractivity contribution in [2.45, 2.75) is 46.1 Å². The zero-order chi connectivity index (χ0) is 31.4. The van der Waals surface area contributed by atoms with Gasteiger partial charge in [-0.25, -0.2) is 0 Å². The molecule has 0 aromatic heterocycles. The summed E-state index contributed by atoms with van der Waals surface area (Å²) >= 11 is 0. The summed E-state index contributed by atoms with van der Waals surface area (Å²) in [5, 5.41) is 0. The van der Waals surface area contributed by atoms with E-state index in [9.17, 15) is 0 Å². The van der Waals surface area contributed by atoms with Crippen molar-refractivity contribution in [3.63, 3.8) is 0 Å². The van der Waals surface area contributed by atoms with Crippen LogP contribution in [0.15, 0.2) is 88.8 Å². The topological polar surface area (TPSA) is 74.2 Å². The molecule has 234 valence electrons. The quantitative estimate of drug-likeness (QED) is 0.0558. The molecular weight excluding hydrogens is 564 g/mol. The maximum atomic E-state index is 5.82. The molecule has 4 aromatic carbocycles. The third-order valence-electron chi connectivity index (χ3n) is 7.55. The zero-order valence-corrected chi connectivity index (χ0v) is 26.6. The lowest BCUT2D eigenvalue weighted by atomic mass is 9.98. The predicted octanol–water partition coefficient (Wildman–Crippen LogP) is 8.06. The number of benzene rings is 4. The summed E-state index contributed by atoms with van der Waals surface area (Å²) in [6.45, 7) is 8.43. The molecule has 5 rings (SSSR count). The van der Waals surface area contributed by atoms with Gasteiger partial charge in [0.2, 0.25) is 0 Å². The Morgan fingerprint density at radius 1 is 0.756 bits per heavy atom. The standard InChI is InChI=1S/C38H42N2O5/c1-5-31-18-27(11-14-35(31)39-22-29-9-8-10-33(20-29)43-24-34-25-44-34)17-28-12-15-36(32(6-2)19-28)40-23-30-13-16-37(38(21-30)41-4)45-26-42-7-3/h8-16,18-23,34H,5-7,17,24-26H2,1-4H3. The second-order valence-electron chi connectivity index (χ2n) is 10.8. The Balaban J connectivity index is 1.24. The molecule has 0 amide bonds. The lowest BCUT2D eigenvalue weighted by Crippen LogP contribution is -2.04. The van der Waals surface area contributed by atoms with Gasteiger partial charge < -0.3 is 23.7 Å². The summed E-state index contributed by atoms with van der Waals surface area (Å²) < 4.78 is 27.5. The van der Waals surface area contributed by atoms with E-state index in [1.54, 1.807) is 7.11 Å². The smallest absolute Gasteiger partial charge is 0.189 e. The minimum absolute atomic E-state index is 0.187. The number of methoxy groups -OCH3 is 1. The van der Waals surface area contributed by atoms with Gasteiger partial charge in [0.05, 0.1) is 25.1 Å². The van der Waals surface area contributed by atoms with E-state index in [0.717, 1.165) is 54.1 Å². The van der Waals surface area contributed by atoms with Crippen LogP contribution >= 0.6 is 0 Å². The summed E-state index contributed by atoms with van der Waals surface area (Å²) in [7, 11) is 1.63. The van der Waals surface area contributed by atoms with Gasteiger partial charge in [0.25, 0.3) is 0 Å². The third-order valence-corrected chi connectivity index (χ3v) is 7.55. The van der Waals surface area contributed by atoms with Gasteiger partial charge in [-0.15, -0.1) is 0 Å². The SMILES string of the molecule is CCOCOc1ccc(C=Nc2ccc(Cc3ccc(N=Cc4cccc(OCC5CO5)c4)c(CC)c3)cc2CC)cc1OC. The Hall–Kier alpha value is -4.46. The molecule has 0 N–H and O–H groups in total. The van der Waals surface area contributed by atoms with Crippen molar-refractivity contribution < 1.29 is 23.7 Å². The molecule has 1 aliphatic rings. The highest BCUT2D eigenvalue weighted by Gasteiger charge is 2.23. The molecule has 1 heterocycles. The van der Waals surface area contributed by atoms with Crippen molar-refractivity contribution in [2.75, 3.05) is 33.7 Å². The van der Waals surface area contributed by atoms with Gasteiger partial charge in [-0.2, -0.15) is 0 Å². The van der Waals surface area contributed by atoms with E-state index in [2.05, 4.69) is 50.2 Å². The molecule has 1 aliphatic heterocycles. The maximum absolute atomic E-state index is 5.82. The zero-order valence-electron chi connectivity index (χ0n) is 26.6. The van der Waals surface area contributed by atoms with Gasteiger partial charge in [0, 0.05) is 19.0 Å². The van der Waals surface area contributed by atoms with Crippen molar-refractivity contribution in [1.29, 1.82) is 0 Å². The van der Waals surface area contributed by atoms with E-state index in [1.165, 1.54) is 22.3 Å². The molecular formula is C38H42N2O5. The van der Waals surface area contributed by atoms with E-state index in [0.29, 0.717) is 24.7 Å². The number of aliphatic imine (C=N–C) groups is 2. The molecule has 1 atom stereocenters. The predicted molar refractivity (Wildman–Crippen MR) is 181 cm³/mol. The third kappa shape index (κ3) is 9.27. The first-order valence-electron chi connectivity index (χ1n) is 15.6. The summed E-state index contributed by atoms with van der Waals surface area (Å²) in [6, 6.07) is 26.9. The average Bonchev–Trinajstić information content (AvgIpc) is 3.91. The first-order chi connectivity index (χ1) is 22.1. The van der Waals surface area contributed by atoms with Crippen LogP contribution in [0.4, 0.5) is 11.4 Å². The Morgan fingerprint density at radius 3 is 2.02 bits per heavy atom. The van der Waals surface area contributed by atoms with Crippen molar-refractivity contribution >= 4 is 23.8 Å². The number of epoxide rings is 1. The number of aryl methyl sites for hydroxylation is 2. The van der Waals surface area contributed by atoms with Crippen molar-refractivity contribution in [3.05, 3.63) is 112 Å². The minimum Gasteiger partial charge on any atom is -0.493 e. The van der Waals surface area contributed by atoms with Crippen molar-refractivity contribution in [2.24, 2.45) is 9.98 Å². The number of hydrogen-bond donors (Lipinski definition) is 0. The molecule has 45 heavy (non-hydrogen) atoms. The molecule has 1 fully saturated rings. The van der Waals surface area contributed by atoms with E-state index >= 15 is 0 Å². The first-order valence-corrected chi connectivity index (χ1v) is 15.6. The van der Waals surface area contributed by atoms with Crippen molar-refractivity contribution in [3.8, 4) is 17.2 Å². The van der Waals surface area contributed by atoms with Crippen molar-refractivity contribution in [1.82, 2.24) is 0 Å². The number of hydrogen-bond acceptors (Lipinski definition) is 7. The fraction of sp³-hybridized carbons (Fsp3) is 0.316. The van der Waals surface area contributed by atoms with Gasteiger partial charge in [-0.1, -0.05) is 50.2 Å². The maximum Gasteiger partial charge on any atom is 0.189 e. The first kappa shape index (κ1) is 31.9. The van der Waals surface area contributed by atoms with Gasteiger partial charge in [-0.3, -0.25) is 9.98 Å². The van der Waals surface area contributed by atoms with Crippen LogP contribution in [0.2, 0.25) is 0 Å². The highest BCUT2D eigenvalue weighted by atomic mass is 16.7. The summed E-state index contributed by atoms with van der Waals surface area (Å²) in [6.07, 6.45) is 6.65. The van der Waals surface area contributed by atoms with Gasteiger partial charge >= 0.3 is 0 Å². The fourth-order valence-electron chi connectivity index (χ4n) is 4.95. The minimum atomic E-state index is 0.187. The number of ether oxygens (including phenoxy) is 5. The van der Waals surface area contributed by atoms with Crippen LogP contribution in [-0.2, 0) is 28.7 Å². The molecule has 1 saturated heterocycles. The second-order valence-corrected chi connectivity index (χ2v) is 10.8. The molecule has 7 heteroatoms. The van der Waals surface area contributed by atoms with Crippen LogP contribution in [-0.4, -0.2) is 52.3 Å². The molecule has 0 spiro atoms. The van der Waals surface area contributed by atoms with Gasteiger partial charge in [-0.05, 0) is 102 Å². The van der Waals surface area contributed by atoms with E-state index < -0.39 is 0 Å². The van der Waals surface area contributed by atoms with Gasteiger partial charge in [0.1, 0.15) is 18.5 Å². The van der Waals surface area contributed by atoms with Crippen LogP contribution in [0.3, 0.4) is 0 Å². The lowest BCUT2D eigenvalue weighted by molar-refractivity contribution is 0.0209. The van der Waals surface area contributed by atoms with Crippen LogP contribution in [0.25, 0.3) is 0 Å². The number of rotatable bonds is 16. The van der Waals surface area contributed by atoms with Gasteiger partial charge in [0.15, 0.2) is 18.3 Å². The Bertz CT molecular complexity index is 1630. The van der Waals surface area contributed by atoms with Crippen LogP contribution in [0, 0.1) is 0 Å². The van der Waals surface area contributed by atoms with E-state index in [1.807, 2.05) is 61.8 Å². The average molecular weight is 607 g/mol. The highest BCUT2D eigenvalue weighted by molar-refractivity contribution is 5.84. The summed E-state index contributed by atoms with van der Waals surface area (Å²) in [4.78, 5) is 9.63. The van der Waals surface area contributed by atoms with E-state index in [4.69, 9.17) is 33.7 Å². The largest absolute Gasteiger partial charge is 0.493 e. The number of nitrogens with zero attached hydrogens (tertiary/aromatic N) is 2. The Kier molecular flexibility index (Phi) is 11.4. The summed E-state index contributed by atoms with van der Waals surface area (Å²) in [5.74, 6) is 2.12. The fourth-order valence-corrected chi connectivity index (χ4v) is 4.95. The van der Waals surface area contributed by atoms with Crippen LogP contribution in [0.5, 0.6) is 17.2 Å². The molecule has 4 aromatic rings. The molecule has 0 radical (unpaired) electrons. The monoisotopic (exact) mass is 606 g/mol. The molecule has 0 bridgehead atoms. The van der Waals surface area contributed by atoms with Crippen LogP contribution in [0.1, 0.15) is 54.2 Å². The second kappa shape index (κ2) is 16.0. The highest BCUT2D eigenvalue weighted by Crippen LogP contribution is 2.29. The molecule has 0 saturated carbocycles. The van der Waals surface area contributed by atoms with E-state index in [-0.39, 0.29) is 12.9 Å². The molecule has 7 nitrogen and oxygen atoms in total. The van der Waals surface area contributed by atoms with Crippen LogP contribution < -0.4 is 14.2 Å². The Labute approximate surface area is 266 Å². The normalized spacial score (nSPS) is 14.3. The molecule has 0 aliphatic carbocycles. The lowest BCUT2D eigenvalue weighted by Gasteiger charge is -2.11. The summed E-state index contributed by atoms with van der Waals surface area (Å²) in [5.41, 5.74) is 8.85. The molecule has 1 unspecified atom stereocenters. The Morgan fingerprint density at radius 2 is 1.42 bits per heavy atom.